The second-order valence-corrected chi connectivity index (χ2v) is 9.24. The van der Waals surface area contributed by atoms with E-state index in [0.717, 1.165) is 82.6 Å². The van der Waals surface area contributed by atoms with Gasteiger partial charge >= 0.3 is 0 Å². The van der Waals surface area contributed by atoms with Crippen molar-refractivity contribution in [3.05, 3.63) is 34.9 Å². The summed E-state index contributed by atoms with van der Waals surface area (Å²) >= 11 is 6.21. The van der Waals surface area contributed by atoms with Crippen LogP contribution < -0.4 is 0 Å². The third-order valence-electron chi connectivity index (χ3n) is 6.36. The molecule has 2 saturated carbocycles. The zero-order valence-corrected chi connectivity index (χ0v) is 18.4. The zero-order chi connectivity index (χ0) is 20.7. The maximum Gasteiger partial charge on any atom is 0.234 e. The minimum atomic E-state index is -0.914. The Hall–Kier alpha value is -0.730. The lowest BCUT2D eigenvalue weighted by atomic mass is 10.0. The van der Waals surface area contributed by atoms with Gasteiger partial charge in [0.25, 0.3) is 0 Å². The second kappa shape index (κ2) is 10.7. The predicted molar refractivity (Wildman–Crippen MR) is 111 cm³/mol. The van der Waals surface area contributed by atoms with Gasteiger partial charge < -0.3 is 0 Å². The van der Waals surface area contributed by atoms with Crippen LogP contribution in [0.3, 0.4) is 0 Å². The third kappa shape index (κ3) is 5.94. The molecule has 0 N–H and O–H groups in total. The summed E-state index contributed by atoms with van der Waals surface area (Å²) in [5.74, 6) is -1.92. The zero-order valence-electron chi connectivity index (χ0n) is 17.6. The highest BCUT2D eigenvalue weighted by Crippen LogP contribution is 2.39. The topological polar surface area (TPSA) is 55.4 Å². The molecule has 3 aliphatic rings. The van der Waals surface area contributed by atoms with Gasteiger partial charge in [-0.05, 0) is 43.4 Å². The molecule has 0 atom stereocenters. The highest BCUT2D eigenvalue weighted by molar-refractivity contribution is 6.30. The Morgan fingerprint density at radius 1 is 0.667 bits per heavy atom. The Kier molecular flexibility index (Phi) is 8.03. The maximum absolute atomic E-state index is 6.21. The molecule has 1 heterocycles. The Balaban J connectivity index is 1.56. The van der Waals surface area contributed by atoms with E-state index in [2.05, 4.69) is 0 Å². The van der Waals surface area contributed by atoms with Gasteiger partial charge in [-0.15, -0.1) is 0 Å². The van der Waals surface area contributed by atoms with Gasteiger partial charge in [0.2, 0.25) is 11.6 Å². The van der Waals surface area contributed by atoms with E-state index in [1.54, 1.807) is 0 Å². The smallest absolute Gasteiger partial charge is 0.233 e. The summed E-state index contributed by atoms with van der Waals surface area (Å²) in [7, 11) is 0. The summed E-state index contributed by atoms with van der Waals surface area (Å²) in [5, 5.41) is 0.677. The highest BCUT2D eigenvalue weighted by atomic mass is 35.5. The van der Waals surface area contributed by atoms with Gasteiger partial charge in [-0.2, -0.15) is 19.6 Å². The summed E-state index contributed by atoms with van der Waals surface area (Å²) in [6.07, 6.45) is 11.6. The van der Waals surface area contributed by atoms with Crippen molar-refractivity contribution in [2.75, 3.05) is 13.2 Å². The normalized spacial score (nSPS) is 26.6. The van der Waals surface area contributed by atoms with Gasteiger partial charge in [0.1, 0.15) is 0 Å². The van der Waals surface area contributed by atoms with Gasteiger partial charge in [0.05, 0.1) is 13.2 Å². The lowest BCUT2D eigenvalue weighted by molar-refractivity contribution is -0.579. The number of rotatable bonds is 1. The van der Waals surface area contributed by atoms with Gasteiger partial charge in [-0.3, -0.25) is 0 Å². The van der Waals surface area contributed by atoms with Crippen molar-refractivity contribution in [2.24, 2.45) is 0 Å². The van der Waals surface area contributed by atoms with E-state index in [4.69, 9.17) is 40.9 Å². The molecule has 1 aromatic carbocycles. The molecule has 7 heteroatoms. The van der Waals surface area contributed by atoms with E-state index < -0.39 is 11.6 Å². The first-order chi connectivity index (χ1) is 14.7. The number of hydrogen-bond acceptors (Lipinski definition) is 6. The van der Waals surface area contributed by atoms with Crippen LogP contribution in [0.4, 0.5) is 0 Å². The summed E-state index contributed by atoms with van der Waals surface area (Å²) in [6, 6.07) is 7.72. The second-order valence-electron chi connectivity index (χ2n) is 8.80. The molecule has 0 radical (unpaired) electrons. The first-order valence-corrected chi connectivity index (χ1v) is 11.8. The van der Waals surface area contributed by atoms with Crippen LogP contribution >= 0.6 is 11.6 Å². The average Bonchev–Trinajstić information content (AvgIpc) is 3.14. The molecule has 4 rings (SSSR count). The van der Waals surface area contributed by atoms with E-state index in [0.29, 0.717) is 18.2 Å². The van der Waals surface area contributed by atoms with Crippen molar-refractivity contribution in [3.63, 3.8) is 0 Å². The molecule has 1 aromatic rings. The quantitative estimate of drug-likeness (QED) is 0.472. The van der Waals surface area contributed by atoms with Crippen LogP contribution in [0.5, 0.6) is 0 Å². The standard InChI is InChI=1S/C23H33ClO6/c24-21-11-9-10-19(16-21)20-17-25-27-22(12-5-1-2-6-13-22)29-30-23(28-26-18-20)14-7-3-4-8-15-23/h9-11,16,20H,1-8,12-15,17-18H2. The van der Waals surface area contributed by atoms with E-state index in [9.17, 15) is 0 Å². The van der Waals surface area contributed by atoms with E-state index in [-0.39, 0.29) is 5.92 Å². The van der Waals surface area contributed by atoms with Crippen LogP contribution in [0.2, 0.25) is 5.02 Å². The molecule has 3 fully saturated rings. The lowest BCUT2D eigenvalue weighted by Crippen LogP contribution is -2.42. The van der Waals surface area contributed by atoms with Crippen LogP contribution in [0.25, 0.3) is 0 Å². The Morgan fingerprint density at radius 2 is 1.17 bits per heavy atom. The molecule has 1 aliphatic heterocycles. The van der Waals surface area contributed by atoms with Crippen LogP contribution in [-0.2, 0) is 29.3 Å². The molecular weight excluding hydrogens is 408 g/mol. The van der Waals surface area contributed by atoms with Crippen molar-refractivity contribution >= 4 is 11.6 Å². The van der Waals surface area contributed by atoms with Crippen molar-refractivity contribution < 1.29 is 29.3 Å². The predicted octanol–water partition coefficient (Wildman–Crippen LogP) is 6.38. The van der Waals surface area contributed by atoms with Crippen molar-refractivity contribution in [1.29, 1.82) is 0 Å². The molecule has 2 spiro atoms. The molecule has 0 aromatic heterocycles. The highest BCUT2D eigenvalue weighted by Gasteiger charge is 2.43. The van der Waals surface area contributed by atoms with E-state index >= 15 is 0 Å². The first-order valence-electron chi connectivity index (χ1n) is 11.4. The molecule has 0 amide bonds. The molecule has 1 saturated heterocycles. The summed E-state index contributed by atoms with van der Waals surface area (Å²) in [6.45, 7) is 0.615. The van der Waals surface area contributed by atoms with E-state index in [1.807, 2.05) is 24.3 Å². The van der Waals surface area contributed by atoms with Gasteiger partial charge in [0, 0.05) is 36.6 Å². The molecule has 6 nitrogen and oxygen atoms in total. The average molecular weight is 441 g/mol. The Bertz CT molecular complexity index is 619. The third-order valence-corrected chi connectivity index (χ3v) is 6.59. The van der Waals surface area contributed by atoms with Crippen molar-refractivity contribution in [1.82, 2.24) is 0 Å². The van der Waals surface area contributed by atoms with E-state index in [1.165, 1.54) is 0 Å². The fraction of sp³-hybridized carbons (Fsp3) is 0.739. The minimum Gasteiger partial charge on any atom is -0.233 e. The van der Waals surface area contributed by atoms with Crippen LogP contribution in [0, 0.1) is 0 Å². The Labute approximate surface area is 183 Å². The van der Waals surface area contributed by atoms with Crippen LogP contribution in [0.1, 0.15) is 88.5 Å². The molecule has 0 bridgehead atoms. The molecule has 168 valence electrons. The SMILES string of the molecule is Clc1cccc(C2COOC3(CCCCCC3)OOC3(CCCCCC3)OOC2)c1. The monoisotopic (exact) mass is 440 g/mol. The Morgan fingerprint density at radius 3 is 1.63 bits per heavy atom. The molecule has 0 unspecified atom stereocenters. The molecule has 2 aliphatic carbocycles. The van der Waals surface area contributed by atoms with Crippen molar-refractivity contribution in [2.45, 2.75) is 94.5 Å². The van der Waals surface area contributed by atoms with Gasteiger partial charge in [-0.25, -0.2) is 9.78 Å². The summed E-state index contributed by atoms with van der Waals surface area (Å²) in [5.41, 5.74) is 1.01. The molecule has 30 heavy (non-hydrogen) atoms. The van der Waals surface area contributed by atoms with Gasteiger partial charge in [0.15, 0.2) is 0 Å². The minimum absolute atomic E-state index is 0.0903. The van der Waals surface area contributed by atoms with Crippen LogP contribution in [0.15, 0.2) is 24.3 Å². The first kappa shape index (κ1) is 22.5. The molecular formula is C23H33ClO6. The fourth-order valence-corrected chi connectivity index (χ4v) is 4.69. The fourth-order valence-electron chi connectivity index (χ4n) is 4.50. The number of benzene rings is 1. The van der Waals surface area contributed by atoms with Gasteiger partial charge in [-0.1, -0.05) is 49.4 Å². The lowest BCUT2D eigenvalue weighted by Gasteiger charge is -2.35. The number of hydrogen-bond donors (Lipinski definition) is 0. The largest absolute Gasteiger partial charge is 0.234 e. The number of halogens is 1. The van der Waals surface area contributed by atoms with Crippen LogP contribution in [-0.4, -0.2) is 24.8 Å². The summed E-state index contributed by atoms with van der Waals surface area (Å²) in [4.78, 5) is 35.4. The maximum atomic E-state index is 6.21. The summed E-state index contributed by atoms with van der Waals surface area (Å²) < 4.78 is 0. The van der Waals surface area contributed by atoms with Crippen molar-refractivity contribution in [3.8, 4) is 0 Å².